The molecule has 1 unspecified atom stereocenters. The topological polar surface area (TPSA) is 60.3 Å². The molecule has 29 heavy (non-hydrogen) atoms. The van der Waals surface area contributed by atoms with Gasteiger partial charge in [0.15, 0.2) is 11.5 Å². The third-order valence-corrected chi connectivity index (χ3v) is 8.13. The number of hydrogen-bond donors (Lipinski definition) is 1. The maximum atomic E-state index is 13.8. The first-order valence-electron chi connectivity index (χ1n) is 10.3. The summed E-state index contributed by atoms with van der Waals surface area (Å²) in [7, 11) is -1.52. The van der Waals surface area contributed by atoms with Crippen molar-refractivity contribution < 1.29 is 22.8 Å². The molecule has 6 nitrogen and oxygen atoms in total. The van der Waals surface area contributed by atoms with Gasteiger partial charge in [-0.25, -0.2) is 8.42 Å². The number of fused-ring (bicyclic) bond motifs is 4. The van der Waals surface area contributed by atoms with Crippen molar-refractivity contribution in [3.63, 3.8) is 0 Å². The smallest absolute Gasteiger partial charge is 0.264 e. The highest BCUT2D eigenvalue weighted by atomic mass is 32.2. The average molecular weight is 416 g/mol. The molecule has 0 radical (unpaired) electrons. The van der Waals surface area contributed by atoms with Gasteiger partial charge in [-0.1, -0.05) is 17.7 Å². The van der Waals surface area contributed by atoms with E-state index in [2.05, 4.69) is 20.0 Å². The van der Waals surface area contributed by atoms with E-state index < -0.39 is 10.0 Å². The van der Waals surface area contributed by atoms with Crippen LogP contribution in [0.2, 0.25) is 0 Å². The Bertz CT molecular complexity index is 1050. The highest BCUT2D eigenvalue weighted by molar-refractivity contribution is 7.92. The molecule has 0 aromatic heterocycles. The van der Waals surface area contributed by atoms with Crippen molar-refractivity contribution in [1.29, 1.82) is 0 Å². The van der Waals surface area contributed by atoms with Gasteiger partial charge in [-0.05, 0) is 30.7 Å². The van der Waals surface area contributed by atoms with Crippen molar-refractivity contribution in [2.75, 3.05) is 37.7 Å². The zero-order valence-electron chi connectivity index (χ0n) is 16.8. The van der Waals surface area contributed by atoms with Crippen LogP contribution in [-0.2, 0) is 10.0 Å². The van der Waals surface area contributed by atoms with Gasteiger partial charge < -0.3 is 14.4 Å². The quantitative estimate of drug-likeness (QED) is 0.812. The molecular weight excluding hydrogens is 388 g/mol. The number of likely N-dealkylation sites (N-methyl/N-ethyl adjacent to an activating group) is 1. The predicted octanol–water partition coefficient (Wildman–Crippen LogP) is 1.74. The molecule has 3 aliphatic heterocycles. The molecule has 2 aromatic carbocycles. The van der Waals surface area contributed by atoms with Crippen LogP contribution in [0.3, 0.4) is 0 Å². The maximum absolute atomic E-state index is 13.8. The van der Waals surface area contributed by atoms with Gasteiger partial charge in [-0.3, -0.25) is 4.31 Å². The number of piperidine rings is 1. The fourth-order valence-corrected chi connectivity index (χ4v) is 6.64. The fraction of sp³-hybridized carbons (Fsp3) is 0.455. The van der Waals surface area contributed by atoms with Crippen LogP contribution in [0.15, 0.2) is 41.3 Å². The number of hydrogen-bond acceptors (Lipinski definition) is 4. The molecule has 1 N–H and O–H groups in total. The SMILES string of the molecule is Cc1ccc2c(c1)[C@@H]1C[NH+](C)CC[C@@H]1N2S(=O)(=O)c1ccc2c(c1)OCCCO2. The van der Waals surface area contributed by atoms with E-state index in [0.29, 0.717) is 24.7 Å². The normalized spacial score (nSPS) is 25.9. The molecule has 0 spiro atoms. The lowest BCUT2D eigenvalue weighted by molar-refractivity contribution is -0.886. The van der Waals surface area contributed by atoms with Gasteiger partial charge >= 0.3 is 0 Å². The summed E-state index contributed by atoms with van der Waals surface area (Å²) in [4.78, 5) is 1.72. The second kappa shape index (κ2) is 6.92. The third kappa shape index (κ3) is 3.07. The van der Waals surface area contributed by atoms with Crippen molar-refractivity contribution in [3.8, 4) is 11.5 Å². The van der Waals surface area contributed by atoms with E-state index in [1.807, 2.05) is 12.1 Å². The van der Waals surface area contributed by atoms with Crippen LogP contribution in [0.5, 0.6) is 11.5 Å². The Balaban J connectivity index is 1.60. The van der Waals surface area contributed by atoms with Crippen LogP contribution < -0.4 is 18.7 Å². The Morgan fingerprint density at radius 3 is 2.69 bits per heavy atom. The van der Waals surface area contributed by atoms with Crippen LogP contribution in [0.1, 0.15) is 29.9 Å². The van der Waals surface area contributed by atoms with Gasteiger partial charge in [0, 0.05) is 18.9 Å². The number of benzene rings is 2. The largest absolute Gasteiger partial charge is 0.490 e. The van der Waals surface area contributed by atoms with E-state index >= 15 is 0 Å². The highest BCUT2D eigenvalue weighted by Gasteiger charge is 2.48. The second-order valence-corrected chi connectivity index (χ2v) is 10.2. The van der Waals surface area contributed by atoms with Crippen molar-refractivity contribution in [3.05, 3.63) is 47.5 Å². The summed E-state index contributed by atoms with van der Waals surface area (Å²) in [5.74, 6) is 1.35. The van der Waals surface area contributed by atoms with Gasteiger partial charge in [0.25, 0.3) is 10.0 Å². The lowest BCUT2D eigenvalue weighted by Crippen LogP contribution is -3.11. The Morgan fingerprint density at radius 2 is 1.86 bits per heavy atom. The average Bonchev–Trinajstić information content (AvgIpc) is 2.85. The molecule has 0 amide bonds. The Kier molecular flexibility index (Phi) is 4.47. The minimum Gasteiger partial charge on any atom is -0.490 e. The highest BCUT2D eigenvalue weighted by Crippen LogP contribution is 2.46. The van der Waals surface area contributed by atoms with E-state index in [-0.39, 0.29) is 16.9 Å². The van der Waals surface area contributed by atoms with Crippen molar-refractivity contribution >= 4 is 15.7 Å². The molecule has 5 rings (SSSR count). The number of quaternary nitrogens is 1. The minimum absolute atomic E-state index is 0.0310. The number of sulfonamides is 1. The molecule has 1 fully saturated rings. The Hall–Kier alpha value is -2.25. The first kappa shape index (κ1) is 18.8. The van der Waals surface area contributed by atoms with Crippen molar-refractivity contribution in [1.82, 2.24) is 0 Å². The maximum Gasteiger partial charge on any atom is 0.264 e. The van der Waals surface area contributed by atoms with Gasteiger partial charge in [-0.2, -0.15) is 0 Å². The summed E-state index contributed by atoms with van der Waals surface area (Å²) in [5, 5.41) is 0. The number of aryl methyl sites for hydroxylation is 1. The summed E-state index contributed by atoms with van der Waals surface area (Å²) in [6.07, 6.45) is 1.64. The van der Waals surface area contributed by atoms with Crippen molar-refractivity contribution in [2.24, 2.45) is 0 Å². The summed E-state index contributed by atoms with van der Waals surface area (Å²) < 4.78 is 40.7. The molecule has 3 atom stereocenters. The summed E-state index contributed by atoms with van der Waals surface area (Å²) in [5.41, 5.74) is 3.15. The Labute approximate surface area is 172 Å². The molecule has 0 bridgehead atoms. The molecular formula is C22H27N2O4S+. The van der Waals surface area contributed by atoms with E-state index in [0.717, 1.165) is 37.2 Å². The lowest BCUT2D eigenvalue weighted by atomic mass is 9.89. The van der Waals surface area contributed by atoms with Gasteiger partial charge in [0.05, 0.1) is 55.9 Å². The zero-order chi connectivity index (χ0) is 20.2. The summed E-state index contributed by atoms with van der Waals surface area (Å²) >= 11 is 0. The molecule has 3 heterocycles. The summed E-state index contributed by atoms with van der Waals surface area (Å²) in [6.45, 7) is 5.10. The summed E-state index contributed by atoms with van der Waals surface area (Å²) in [6, 6.07) is 11.1. The van der Waals surface area contributed by atoms with E-state index in [1.54, 1.807) is 22.5 Å². The first-order valence-corrected chi connectivity index (χ1v) is 11.7. The number of likely N-dealkylation sites (tertiary alicyclic amines) is 1. The van der Waals surface area contributed by atoms with Crippen LogP contribution in [0.25, 0.3) is 0 Å². The number of nitrogens with one attached hydrogen (secondary N) is 1. The monoisotopic (exact) mass is 415 g/mol. The van der Waals surface area contributed by atoms with E-state index in [1.165, 1.54) is 10.5 Å². The molecule has 154 valence electrons. The van der Waals surface area contributed by atoms with Gasteiger partial charge in [0.2, 0.25) is 0 Å². The van der Waals surface area contributed by atoms with Crippen LogP contribution >= 0.6 is 0 Å². The van der Waals surface area contributed by atoms with E-state index in [9.17, 15) is 8.42 Å². The molecule has 2 aromatic rings. The molecule has 0 aliphatic carbocycles. The zero-order valence-corrected chi connectivity index (χ0v) is 17.7. The first-order chi connectivity index (χ1) is 13.9. The van der Waals surface area contributed by atoms with Crippen LogP contribution in [0.4, 0.5) is 5.69 Å². The third-order valence-electron chi connectivity index (χ3n) is 6.30. The second-order valence-electron chi connectivity index (χ2n) is 8.40. The number of rotatable bonds is 2. The molecule has 7 heteroatoms. The molecule has 3 aliphatic rings. The lowest BCUT2D eigenvalue weighted by Gasteiger charge is -2.34. The molecule has 1 saturated heterocycles. The number of anilines is 1. The minimum atomic E-state index is -3.71. The number of ether oxygens (including phenoxy) is 2. The van der Waals surface area contributed by atoms with Crippen molar-refractivity contribution in [2.45, 2.75) is 36.6 Å². The predicted molar refractivity (Wildman–Crippen MR) is 111 cm³/mol. The molecule has 0 saturated carbocycles. The Morgan fingerprint density at radius 1 is 1.07 bits per heavy atom. The van der Waals surface area contributed by atoms with Crippen LogP contribution in [0, 0.1) is 6.92 Å². The van der Waals surface area contributed by atoms with E-state index in [4.69, 9.17) is 9.47 Å². The van der Waals surface area contributed by atoms with Gasteiger partial charge in [-0.15, -0.1) is 0 Å². The standard InChI is InChI=1S/C22H26N2O4S/c1-15-4-6-19-17(12-15)18-14-23(2)9-8-20(18)24(19)29(25,26)16-5-7-21-22(13-16)28-11-3-10-27-21/h4-7,12-13,18,20H,3,8-11,14H2,1-2H3/p+1/t18-,20-/m0/s1. The van der Waals surface area contributed by atoms with Gasteiger partial charge in [0.1, 0.15) is 0 Å². The number of nitrogens with zero attached hydrogens (tertiary/aromatic N) is 1. The fourth-order valence-electron chi connectivity index (χ4n) is 4.88. The van der Waals surface area contributed by atoms with Crippen LogP contribution in [-0.4, -0.2) is 47.8 Å².